The van der Waals surface area contributed by atoms with Gasteiger partial charge in [-0.15, -0.1) is 0 Å². The van der Waals surface area contributed by atoms with E-state index in [9.17, 15) is 9.18 Å². The molecule has 0 bridgehead atoms. The minimum absolute atomic E-state index is 0.0254. The minimum Gasteiger partial charge on any atom is -0.396 e. The number of fused-ring (bicyclic) bond motifs is 1. The number of nitrogens with zero attached hydrogens (tertiary/aromatic N) is 2. The largest absolute Gasteiger partial charge is 0.396 e. The van der Waals surface area contributed by atoms with Crippen molar-refractivity contribution < 1.29 is 14.3 Å². The van der Waals surface area contributed by atoms with Crippen molar-refractivity contribution >= 4 is 6.03 Å². The first-order chi connectivity index (χ1) is 12.2. The molecule has 0 fully saturated rings. The van der Waals surface area contributed by atoms with Crippen LogP contribution >= 0.6 is 0 Å². The molecule has 0 saturated heterocycles. The van der Waals surface area contributed by atoms with Crippen molar-refractivity contribution in [3.05, 3.63) is 65.2 Å². The molecule has 1 aromatic carbocycles. The zero-order chi connectivity index (χ0) is 17.6. The number of nitrogens with one attached hydrogen (secondary N) is 1. The molecule has 2 N–H and O–H groups in total. The molecule has 2 amide bonds. The van der Waals surface area contributed by atoms with Crippen molar-refractivity contribution in [2.24, 2.45) is 0 Å². The number of benzene rings is 1. The Morgan fingerprint density at radius 3 is 2.88 bits per heavy atom. The Kier molecular flexibility index (Phi) is 5.60. The lowest BCUT2D eigenvalue weighted by atomic mass is 10.1. The third-order valence-electron chi connectivity index (χ3n) is 4.51. The van der Waals surface area contributed by atoms with E-state index in [4.69, 9.17) is 5.11 Å². The highest BCUT2D eigenvalue weighted by molar-refractivity contribution is 5.75. The van der Waals surface area contributed by atoms with E-state index in [0.717, 1.165) is 11.1 Å². The van der Waals surface area contributed by atoms with Gasteiger partial charge in [0, 0.05) is 32.1 Å². The van der Waals surface area contributed by atoms with Gasteiger partial charge < -0.3 is 15.3 Å². The monoisotopic (exact) mass is 343 g/mol. The number of halogens is 1. The van der Waals surface area contributed by atoms with Crippen LogP contribution in [0.15, 0.2) is 42.7 Å². The third-order valence-corrected chi connectivity index (χ3v) is 4.51. The van der Waals surface area contributed by atoms with Crippen LogP contribution < -0.4 is 5.32 Å². The Bertz CT molecular complexity index is 724. The fraction of sp³-hybridized carbons (Fsp3) is 0.368. The molecule has 3 rings (SSSR count). The standard InChI is InChI=1S/C19H22FN3O2/c20-17-4-1-3-16-15(17)5-6-18(16)22-19(25)23(11-2-12-24)13-14-7-9-21-10-8-14/h1,3-4,7-10,18,24H,2,5-6,11-13H2,(H,22,25)/t18-/m1/s1. The number of aliphatic hydroxyl groups excluding tert-OH is 1. The van der Waals surface area contributed by atoms with E-state index in [0.29, 0.717) is 37.9 Å². The molecule has 0 spiro atoms. The normalized spacial score (nSPS) is 15.7. The van der Waals surface area contributed by atoms with Crippen LogP contribution in [0.1, 0.15) is 35.6 Å². The number of hydrogen-bond acceptors (Lipinski definition) is 3. The molecule has 1 aliphatic carbocycles. The third kappa shape index (κ3) is 4.14. The van der Waals surface area contributed by atoms with E-state index in [1.807, 2.05) is 18.2 Å². The second kappa shape index (κ2) is 8.07. The number of hydrogen-bond donors (Lipinski definition) is 2. The summed E-state index contributed by atoms with van der Waals surface area (Å²) in [6.45, 7) is 0.919. The molecule has 1 aromatic heterocycles. The number of carbonyl (C=O) groups is 1. The van der Waals surface area contributed by atoms with E-state index in [1.54, 1.807) is 23.4 Å². The molecule has 1 atom stereocenters. The predicted molar refractivity (Wildman–Crippen MR) is 92.3 cm³/mol. The summed E-state index contributed by atoms with van der Waals surface area (Å²) in [7, 11) is 0. The van der Waals surface area contributed by atoms with Gasteiger partial charge in [0.05, 0.1) is 6.04 Å². The Labute approximate surface area is 146 Å². The van der Waals surface area contributed by atoms with Crippen LogP contribution in [-0.2, 0) is 13.0 Å². The molecule has 2 aromatic rings. The number of rotatable bonds is 6. The minimum atomic E-state index is -0.205. The quantitative estimate of drug-likeness (QED) is 0.848. The molecule has 0 saturated carbocycles. The van der Waals surface area contributed by atoms with Crippen LogP contribution in [0.2, 0.25) is 0 Å². The van der Waals surface area contributed by atoms with Crippen LogP contribution in [0.4, 0.5) is 9.18 Å². The molecular weight excluding hydrogens is 321 g/mol. The Balaban J connectivity index is 1.70. The highest BCUT2D eigenvalue weighted by Crippen LogP contribution is 2.32. The zero-order valence-electron chi connectivity index (χ0n) is 14.0. The summed E-state index contributed by atoms with van der Waals surface area (Å²) in [5, 5.41) is 12.1. The van der Waals surface area contributed by atoms with Gasteiger partial charge in [0.1, 0.15) is 5.82 Å². The van der Waals surface area contributed by atoms with Gasteiger partial charge in [-0.3, -0.25) is 4.98 Å². The zero-order valence-corrected chi connectivity index (χ0v) is 14.0. The first-order valence-electron chi connectivity index (χ1n) is 8.51. The molecule has 0 unspecified atom stereocenters. The lowest BCUT2D eigenvalue weighted by Gasteiger charge is -2.25. The van der Waals surface area contributed by atoms with Crippen LogP contribution in [0.25, 0.3) is 0 Å². The Hall–Kier alpha value is -2.47. The fourth-order valence-electron chi connectivity index (χ4n) is 3.22. The molecular formula is C19H22FN3O2. The maximum atomic E-state index is 13.9. The molecule has 25 heavy (non-hydrogen) atoms. The summed E-state index contributed by atoms with van der Waals surface area (Å²) in [5.41, 5.74) is 2.53. The van der Waals surface area contributed by atoms with E-state index in [1.165, 1.54) is 6.07 Å². The van der Waals surface area contributed by atoms with Crippen LogP contribution in [0.5, 0.6) is 0 Å². The van der Waals surface area contributed by atoms with E-state index >= 15 is 0 Å². The Morgan fingerprint density at radius 1 is 1.32 bits per heavy atom. The number of amides is 2. The van der Waals surface area contributed by atoms with Crippen molar-refractivity contribution in [1.29, 1.82) is 0 Å². The lowest BCUT2D eigenvalue weighted by Crippen LogP contribution is -2.41. The molecule has 5 nitrogen and oxygen atoms in total. The number of carbonyl (C=O) groups excluding carboxylic acids is 1. The van der Waals surface area contributed by atoms with Gasteiger partial charge in [0.25, 0.3) is 0 Å². The highest BCUT2D eigenvalue weighted by Gasteiger charge is 2.27. The van der Waals surface area contributed by atoms with Crippen molar-refractivity contribution in [2.45, 2.75) is 31.8 Å². The smallest absolute Gasteiger partial charge is 0.318 e. The average Bonchev–Trinajstić information content (AvgIpc) is 3.04. The summed E-state index contributed by atoms with van der Waals surface area (Å²) in [6.07, 6.45) is 5.22. The number of pyridine rings is 1. The van der Waals surface area contributed by atoms with Crippen molar-refractivity contribution in [2.75, 3.05) is 13.2 Å². The van der Waals surface area contributed by atoms with Crippen LogP contribution in [0, 0.1) is 5.82 Å². The van der Waals surface area contributed by atoms with Gasteiger partial charge in [-0.05, 0) is 54.2 Å². The number of aromatic nitrogens is 1. The van der Waals surface area contributed by atoms with Crippen LogP contribution in [0.3, 0.4) is 0 Å². The van der Waals surface area contributed by atoms with Gasteiger partial charge in [-0.2, -0.15) is 0 Å². The average molecular weight is 343 g/mol. The molecule has 6 heteroatoms. The topological polar surface area (TPSA) is 65.5 Å². The van der Waals surface area contributed by atoms with Gasteiger partial charge in [-0.25, -0.2) is 9.18 Å². The van der Waals surface area contributed by atoms with Crippen molar-refractivity contribution in [3.63, 3.8) is 0 Å². The molecule has 132 valence electrons. The Morgan fingerprint density at radius 2 is 2.12 bits per heavy atom. The summed E-state index contributed by atoms with van der Waals surface area (Å²) in [6, 6.07) is 8.36. The SMILES string of the molecule is O=C(N[C@@H]1CCc2c(F)cccc21)N(CCCO)Cc1ccncc1. The maximum absolute atomic E-state index is 13.9. The second-order valence-corrected chi connectivity index (χ2v) is 6.20. The number of aliphatic hydroxyl groups is 1. The second-order valence-electron chi connectivity index (χ2n) is 6.20. The van der Waals surface area contributed by atoms with E-state index in [2.05, 4.69) is 10.3 Å². The first-order valence-corrected chi connectivity index (χ1v) is 8.51. The lowest BCUT2D eigenvalue weighted by molar-refractivity contribution is 0.183. The van der Waals surface area contributed by atoms with Gasteiger partial charge in [0.2, 0.25) is 0 Å². The first kappa shape index (κ1) is 17.4. The van der Waals surface area contributed by atoms with Crippen molar-refractivity contribution in [3.8, 4) is 0 Å². The summed E-state index contributed by atoms with van der Waals surface area (Å²) in [5.74, 6) is -0.205. The summed E-state index contributed by atoms with van der Waals surface area (Å²) < 4.78 is 13.9. The van der Waals surface area contributed by atoms with Gasteiger partial charge >= 0.3 is 6.03 Å². The highest BCUT2D eigenvalue weighted by atomic mass is 19.1. The molecule has 1 heterocycles. The van der Waals surface area contributed by atoms with Gasteiger partial charge in [-0.1, -0.05) is 12.1 Å². The fourth-order valence-corrected chi connectivity index (χ4v) is 3.22. The molecule has 1 aliphatic rings. The van der Waals surface area contributed by atoms with Crippen LogP contribution in [-0.4, -0.2) is 34.2 Å². The summed E-state index contributed by atoms with van der Waals surface area (Å²) in [4.78, 5) is 18.4. The van der Waals surface area contributed by atoms with Gasteiger partial charge in [0.15, 0.2) is 0 Å². The van der Waals surface area contributed by atoms with E-state index < -0.39 is 0 Å². The maximum Gasteiger partial charge on any atom is 0.318 e. The summed E-state index contributed by atoms with van der Waals surface area (Å²) >= 11 is 0. The van der Waals surface area contributed by atoms with Crippen molar-refractivity contribution in [1.82, 2.24) is 15.2 Å². The number of urea groups is 1. The molecule has 0 radical (unpaired) electrons. The van der Waals surface area contributed by atoms with E-state index in [-0.39, 0.29) is 24.5 Å². The predicted octanol–water partition coefficient (Wildman–Crippen LogP) is 2.80. The molecule has 0 aliphatic heterocycles.